The van der Waals surface area contributed by atoms with E-state index in [9.17, 15) is 8.78 Å². The second kappa shape index (κ2) is 4.42. The van der Waals surface area contributed by atoms with Crippen molar-refractivity contribution in [3.05, 3.63) is 59.7 Å². The molecular formula is C14H11F2N3. The Morgan fingerprint density at radius 1 is 1.16 bits per heavy atom. The van der Waals surface area contributed by atoms with Crippen molar-refractivity contribution < 1.29 is 8.78 Å². The van der Waals surface area contributed by atoms with Gasteiger partial charge in [0.25, 0.3) is 0 Å². The van der Waals surface area contributed by atoms with Gasteiger partial charge in [-0.1, -0.05) is 6.07 Å². The zero-order valence-corrected chi connectivity index (χ0v) is 10.3. The molecule has 3 nitrogen and oxygen atoms in total. The molecule has 0 fully saturated rings. The number of halogens is 2. The van der Waals surface area contributed by atoms with Crippen LogP contribution in [0, 0.1) is 18.6 Å². The number of aromatic nitrogens is 3. The summed E-state index contributed by atoms with van der Waals surface area (Å²) in [5.74, 6) is -1.75. The minimum Gasteiger partial charge on any atom is -0.324 e. The fourth-order valence-electron chi connectivity index (χ4n) is 2.02. The number of imidazole rings is 1. The van der Waals surface area contributed by atoms with Gasteiger partial charge in [-0.15, -0.1) is 0 Å². The first-order valence-electron chi connectivity index (χ1n) is 5.85. The third-order valence-corrected chi connectivity index (χ3v) is 3.10. The number of hydrogen-bond acceptors (Lipinski definition) is 2. The standard InChI is InChI=1S/C14H11F2N3/c1-9-3-2-4-17-13(9)7-19-8-18-12-5-10(15)11(16)6-14(12)19/h2-6,8H,7H2,1H3. The van der Waals surface area contributed by atoms with Crippen LogP contribution in [0.4, 0.5) is 8.78 Å². The van der Waals surface area contributed by atoms with Crippen molar-refractivity contribution in [2.45, 2.75) is 13.5 Å². The smallest absolute Gasteiger partial charge is 0.161 e. The van der Waals surface area contributed by atoms with E-state index in [4.69, 9.17) is 0 Å². The average Bonchev–Trinajstić information content (AvgIpc) is 2.76. The van der Waals surface area contributed by atoms with Gasteiger partial charge in [0.15, 0.2) is 11.6 Å². The Balaban J connectivity index is 2.07. The molecule has 1 aromatic carbocycles. The summed E-state index contributed by atoms with van der Waals surface area (Å²) in [6.07, 6.45) is 3.28. The molecule has 0 aliphatic rings. The summed E-state index contributed by atoms with van der Waals surface area (Å²) >= 11 is 0. The van der Waals surface area contributed by atoms with Crippen molar-refractivity contribution in [1.29, 1.82) is 0 Å². The second-order valence-electron chi connectivity index (χ2n) is 4.39. The number of aryl methyl sites for hydroxylation is 1. The maximum atomic E-state index is 13.3. The number of benzene rings is 1. The molecule has 0 unspecified atom stereocenters. The fraction of sp³-hybridized carbons (Fsp3) is 0.143. The van der Waals surface area contributed by atoms with E-state index in [1.807, 2.05) is 19.1 Å². The monoisotopic (exact) mass is 259 g/mol. The maximum Gasteiger partial charge on any atom is 0.161 e. The summed E-state index contributed by atoms with van der Waals surface area (Å²) in [5.41, 5.74) is 2.93. The minimum atomic E-state index is -0.883. The molecule has 3 rings (SSSR count). The van der Waals surface area contributed by atoms with Crippen molar-refractivity contribution in [1.82, 2.24) is 14.5 Å². The summed E-state index contributed by atoms with van der Waals surface area (Å²) in [6.45, 7) is 2.44. The molecule has 0 atom stereocenters. The third-order valence-electron chi connectivity index (χ3n) is 3.10. The minimum absolute atomic E-state index is 0.437. The molecule has 0 saturated heterocycles. The van der Waals surface area contributed by atoms with Crippen molar-refractivity contribution in [2.24, 2.45) is 0 Å². The lowest BCUT2D eigenvalue weighted by Crippen LogP contribution is -2.02. The summed E-state index contributed by atoms with van der Waals surface area (Å²) in [5, 5.41) is 0. The molecule has 0 aliphatic heterocycles. The highest BCUT2D eigenvalue weighted by atomic mass is 19.2. The normalized spacial score (nSPS) is 11.1. The molecular weight excluding hydrogens is 248 g/mol. The van der Waals surface area contributed by atoms with Gasteiger partial charge in [-0.3, -0.25) is 4.98 Å². The van der Waals surface area contributed by atoms with Gasteiger partial charge in [0.1, 0.15) is 0 Å². The number of nitrogens with zero attached hydrogens (tertiary/aromatic N) is 3. The Hall–Kier alpha value is -2.30. The molecule has 0 radical (unpaired) electrons. The summed E-state index contributed by atoms with van der Waals surface area (Å²) in [4.78, 5) is 8.36. The van der Waals surface area contributed by atoms with Crippen LogP contribution in [-0.4, -0.2) is 14.5 Å². The number of fused-ring (bicyclic) bond motifs is 1. The van der Waals surface area contributed by atoms with E-state index < -0.39 is 11.6 Å². The molecule has 19 heavy (non-hydrogen) atoms. The maximum absolute atomic E-state index is 13.3. The highest BCUT2D eigenvalue weighted by molar-refractivity contribution is 5.75. The van der Waals surface area contributed by atoms with Gasteiger partial charge in [0, 0.05) is 18.3 Å². The van der Waals surface area contributed by atoms with Crippen molar-refractivity contribution in [3.8, 4) is 0 Å². The van der Waals surface area contributed by atoms with Crippen LogP contribution in [0.15, 0.2) is 36.8 Å². The Morgan fingerprint density at radius 2 is 1.95 bits per heavy atom. The molecule has 0 N–H and O–H groups in total. The SMILES string of the molecule is Cc1cccnc1Cn1cnc2cc(F)c(F)cc21. The van der Waals surface area contributed by atoms with Gasteiger partial charge in [0.2, 0.25) is 0 Å². The van der Waals surface area contributed by atoms with Crippen LogP contribution in [0.1, 0.15) is 11.3 Å². The van der Waals surface area contributed by atoms with Crippen LogP contribution in [-0.2, 0) is 6.54 Å². The number of hydrogen-bond donors (Lipinski definition) is 0. The van der Waals surface area contributed by atoms with E-state index in [0.717, 1.165) is 23.4 Å². The van der Waals surface area contributed by atoms with Crippen LogP contribution in [0.3, 0.4) is 0 Å². The molecule has 2 heterocycles. The molecule has 0 aliphatic carbocycles. The molecule has 5 heteroatoms. The number of rotatable bonds is 2. The van der Waals surface area contributed by atoms with Crippen LogP contribution in [0.5, 0.6) is 0 Å². The van der Waals surface area contributed by atoms with Gasteiger partial charge < -0.3 is 4.57 Å². The van der Waals surface area contributed by atoms with Gasteiger partial charge in [-0.05, 0) is 18.6 Å². The summed E-state index contributed by atoms with van der Waals surface area (Å²) in [7, 11) is 0. The molecule has 2 aromatic heterocycles. The van der Waals surface area contributed by atoms with E-state index in [0.29, 0.717) is 17.6 Å². The third kappa shape index (κ3) is 2.07. The molecule has 0 spiro atoms. The largest absolute Gasteiger partial charge is 0.324 e. The van der Waals surface area contributed by atoms with E-state index in [1.165, 1.54) is 0 Å². The molecule has 0 amide bonds. The van der Waals surface area contributed by atoms with Gasteiger partial charge >= 0.3 is 0 Å². The Bertz CT molecular complexity index is 750. The predicted molar refractivity (Wildman–Crippen MR) is 67.7 cm³/mol. The van der Waals surface area contributed by atoms with Crippen LogP contribution in [0.2, 0.25) is 0 Å². The molecule has 0 bridgehead atoms. The topological polar surface area (TPSA) is 30.7 Å². The first-order valence-corrected chi connectivity index (χ1v) is 5.85. The van der Waals surface area contributed by atoms with Crippen molar-refractivity contribution in [3.63, 3.8) is 0 Å². The van der Waals surface area contributed by atoms with Gasteiger partial charge in [0.05, 0.1) is 29.6 Å². The quantitative estimate of drug-likeness (QED) is 0.708. The first-order chi connectivity index (χ1) is 9.15. The highest BCUT2D eigenvalue weighted by Crippen LogP contribution is 2.18. The van der Waals surface area contributed by atoms with Gasteiger partial charge in [-0.25, -0.2) is 13.8 Å². The first kappa shape index (κ1) is 11.8. The summed E-state index contributed by atoms with van der Waals surface area (Å²) in [6, 6.07) is 6.09. The fourth-order valence-corrected chi connectivity index (χ4v) is 2.02. The molecule has 3 aromatic rings. The highest BCUT2D eigenvalue weighted by Gasteiger charge is 2.10. The Morgan fingerprint density at radius 3 is 2.74 bits per heavy atom. The van der Waals surface area contributed by atoms with Crippen molar-refractivity contribution >= 4 is 11.0 Å². The predicted octanol–water partition coefficient (Wildman–Crippen LogP) is 3.07. The second-order valence-corrected chi connectivity index (χ2v) is 4.39. The van der Waals surface area contributed by atoms with E-state index in [2.05, 4.69) is 9.97 Å². The van der Waals surface area contributed by atoms with Crippen LogP contribution < -0.4 is 0 Å². The van der Waals surface area contributed by atoms with E-state index >= 15 is 0 Å². The van der Waals surface area contributed by atoms with E-state index in [-0.39, 0.29) is 0 Å². The Labute approximate surface area is 108 Å². The lowest BCUT2D eigenvalue weighted by molar-refractivity contribution is 0.510. The van der Waals surface area contributed by atoms with E-state index in [1.54, 1.807) is 17.1 Å². The van der Waals surface area contributed by atoms with Crippen LogP contribution >= 0.6 is 0 Å². The van der Waals surface area contributed by atoms with Crippen molar-refractivity contribution in [2.75, 3.05) is 0 Å². The van der Waals surface area contributed by atoms with Crippen LogP contribution in [0.25, 0.3) is 11.0 Å². The molecule has 0 saturated carbocycles. The Kier molecular flexibility index (Phi) is 2.74. The lowest BCUT2D eigenvalue weighted by Gasteiger charge is -2.06. The average molecular weight is 259 g/mol. The zero-order chi connectivity index (χ0) is 13.4. The van der Waals surface area contributed by atoms with Gasteiger partial charge in [-0.2, -0.15) is 0 Å². The molecule has 96 valence electrons. The number of pyridine rings is 1. The summed E-state index contributed by atoms with van der Waals surface area (Å²) < 4.78 is 28.2. The lowest BCUT2D eigenvalue weighted by atomic mass is 10.2. The zero-order valence-electron chi connectivity index (χ0n) is 10.3.